The largest absolute Gasteiger partial charge is 0.308 e. The molecule has 1 heterocycles. The van der Waals surface area contributed by atoms with Crippen LogP contribution < -0.4 is 5.32 Å². The SMILES string of the molecule is C[C@@H](CCc1ccccc1F)N[C@H](C)c1cnn(C)c1. The topological polar surface area (TPSA) is 29.9 Å². The molecule has 0 fully saturated rings. The average molecular weight is 275 g/mol. The quantitative estimate of drug-likeness (QED) is 0.877. The summed E-state index contributed by atoms with van der Waals surface area (Å²) in [6, 6.07) is 7.56. The number of benzene rings is 1. The average Bonchev–Trinajstić information content (AvgIpc) is 2.84. The third kappa shape index (κ3) is 3.90. The summed E-state index contributed by atoms with van der Waals surface area (Å²) in [4.78, 5) is 0. The minimum absolute atomic E-state index is 0.111. The summed E-state index contributed by atoms with van der Waals surface area (Å²) < 4.78 is 15.3. The van der Waals surface area contributed by atoms with E-state index in [-0.39, 0.29) is 11.9 Å². The lowest BCUT2D eigenvalue weighted by atomic mass is 10.0. The highest BCUT2D eigenvalue weighted by Crippen LogP contribution is 2.14. The van der Waals surface area contributed by atoms with Crippen molar-refractivity contribution in [2.24, 2.45) is 7.05 Å². The van der Waals surface area contributed by atoms with Crippen molar-refractivity contribution in [2.45, 2.75) is 38.8 Å². The summed E-state index contributed by atoms with van der Waals surface area (Å²) >= 11 is 0. The molecule has 1 aromatic heterocycles. The zero-order chi connectivity index (χ0) is 14.5. The number of halogens is 1. The monoisotopic (exact) mass is 275 g/mol. The van der Waals surface area contributed by atoms with Gasteiger partial charge in [-0.25, -0.2) is 4.39 Å². The van der Waals surface area contributed by atoms with Crippen LogP contribution in [-0.2, 0) is 13.5 Å². The van der Waals surface area contributed by atoms with E-state index in [0.29, 0.717) is 6.04 Å². The Kier molecular flexibility index (Phi) is 4.90. The van der Waals surface area contributed by atoms with Gasteiger partial charge in [0.1, 0.15) is 5.82 Å². The molecule has 108 valence electrons. The first kappa shape index (κ1) is 14.7. The van der Waals surface area contributed by atoms with Gasteiger partial charge in [-0.05, 0) is 38.3 Å². The Bertz CT molecular complexity index is 550. The van der Waals surface area contributed by atoms with Crippen LogP contribution in [0.25, 0.3) is 0 Å². The van der Waals surface area contributed by atoms with Crippen molar-refractivity contribution >= 4 is 0 Å². The van der Waals surface area contributed by atoms with Crippen molar-refractivity contribution in [3.8, 4) is 0 Å². The number of nitrogens with one attached hydrogen (secondary N) is 1. The Hall–Kier alpha value is -1.68. The van der Waals surface area contributed by atoms with Crippen LogP contribution in [-0.4, -0.2) is 15.8 Å². The Morgan fingerprint density at radius 2 is 2.05 bits per heavy atom. The molecule has 0 saturated carbocycles. The number of nitrogens with zero attached hydrogens (tertiary/aromatic N) is 2. The molecule has 4 heteroatoms. The zero-order valence-electron chi connectivity index (χ0n) is 12.3. The fourth-order valence-electron chi connectivity index (χ4n) is 2.34. The van der Waals surface area contributed by atoms with Gasteiger partial charge >= 0.3 is 0 Å². The molecule has 3 nitrogen and oxygen atoms in total. The van der Waals surface area contributed by atoms with Crippen molar-refractivity contribution in [1.82, 2.24) is 15.1 Å². The second kappa shape index (κ2) is 6.66. The molecule has 0 radical (unpaired) electrons. The van der Waals surface area contributed by atoms with Gasteiger partial charge in [-0.2, -0.15) is 5.10 Å². The van der Waals surface area contributed by atoms with Crippen molar-refractivity contribution in [3.05, 3.63) is 53.6 Å². The molecule has 0 aliphatic rings. The molecule has 2 aromatic rings. The van der Waals surface area contributed by atoms with E-state index in [9.17, 15) is 4.39 Å². The molecule has 0 unspecified atom stereocenters. The number of hydrogen-bond donors (Lipinski definition) is 1. The minimum Gasteiger partial charge on any atom is -0.308 e. The van der Waals surface area contributed by atoms with Crippen molar-refractivity contribution < 1.29 is 4.39 Å². The predicted octanol–water partition coefficient (Wildman–Crippen LogP) is 3.23. The highest BCUT2D eigenvalue weighted by molar-refractivity contribution is 5.17. The standard InChI is InChI=1S/C16H22FN3/c1-12(8-9-14-6-4-5-7-16(14)17)19-13(2)15-10-18-20(3)11-15/h4-7,10-13,19H,8-9H2,1-3H3/t12-,13+/m0/s1. The van der Waals surface area contributed by atoms with E-state index in [1.165, 1.54) is 11.6 Å². The molecule has 2 rings (SSSR count). The summed E-state index contributed by atoms with van der Waals surface area (Å²) in [7, 11) is 1.91. The van der Waals surface area contributed by atoms with Gasteiger partial charge in [0.25, 0.3) is 0 Å². The Labute approximate surface area is 119 Å². The molecule has 0 spiro atoms. The third-order valence-corrected chi connectivity index (χ3v) is 3.56. The van der Waals surface area contributed by atoms with Crippen molar-refractivity contribution in [2.75, 3.05) is 0 Å². The Morgan fingerprint density at radius 1 is 1.30 bits per heavy atom. The summed E-state index contributed by atoms with van der Waals surface area (Å²) in [6.45, 7) is 4.25. The maximum atomic E-state index is 13.5. The van der Waals surface area contributed by atoms with Crippen molar-refractivity contribution in [1.29, 1.82) is 0 Å². The second-order valence-electron chi connectivity index (χ2n) is 5.37. The van der Waals surface area contributed by atoms with Gasteiger partial charge in [0.2, 0.25) is 0 Å². The normalized spacial score (nSPS) is 14.2. The van der Waals surface area contributed by atoms with Gasteiger partial charge in [0.05, 0.1) is 6.20 Å². The fraction of sp³-hybridized carbons (Fsp3) is 0.438. The number of hydrogen-bond acceptors (Lipinski definition) is 2. The molecule has 1 aromatic carbocycles. The fourth-order valence-corrected chi connectivity index (χ4v) is 2.34. The maximum absolute atomic E-state index is 13.5. The molecule has 1 N–H and O–H groups in total. The van der Waals surface area contributed by atoms with E-state index >= 15 is 0 Å². The molecule has 2 atom stereocenters. The van der Waals surface area contributed by atoms with Crippen LogP contribution in [0.3, 0.4) is 0 Å². The highest BCUT2D eigenvalue weighted by atomic mass is 19.1. The van der Waals surface area contributed by atoms with E-state index in [1.54, 1.807) is 10.7 Å². The molecule has 0 amide bonds. The van der Waals surface area contributed by atoms with E-state index in [1.807, 2.05) is 31.6 Å². The smallest absolute Gasteiger partial charge is 0.126 e. The third-order valence-electron chi connectivity index (χ3n) is 3.56. The summed E-state index contributed by atoms with van der Waals surface area (Å²) in [6.07, 6.45) is 5.55. The number of aryl methyl sites for hydroxylation is 2. The molecular weight excluding hydrogens is 253 g/mol. The molecule has 20 heavy (non-hydrogen) atoms. The molecule has 0 aliphatic heterocycles. The first-order chi connectivity index (χ1) is 9.56. The van der Waals surface area contributed by atoms with Crippen LogP contribution in [0.2, 0.25) is 0 Å². The highest BCUT2D eigenvalue weighted by Gasteiger charge is 2.11. The van der Waals surface area contributed by atoms with Crippen LogP contribution in [0.15, 0.2) is 36.7 Å². The van der Waals surface area contributed by atoms with Gasteiger partial charge in [0, 0.05) is 30.9 Å². The summed E-state index contributed by atoms with van der Waals surface area (Å²) in [5.74, 6) is -0.111. The van der Waals surface area contributed by atoms with E-state index in [0.717, 1.165) is 18.4 Å². The van der Waals surface area contributed by atoms with Gasteiger partial charge in [-0.15, -0.1) is 0 Å². The van der Waals surface area contributed by atoms with Crippen molar-refractivity contribution in [3.63, 3.8) is 0 Å². The van der Waals surface area contributed by atoms with Gasteiger partial charge in [-0.1, -0.05) is 18.2 Å². The molecular formula is C16H22FN3. The lowest BCUT2D eigenvalue weighted by molar-refractivity contribution is 0.453. The number of rotatable bonds is 6. The van der Waals surface area contributed by atoms with Gasteiger partial charge in [0.15, 0.2) is 0 Å². The van der Waals surface area contributed by atoms with Crippen LogP contribution in [0.4, 0.5) is 4.39 Å². The van der Waals surface area contributed by atoms with E-state index < -0.39 is 0 Å². The maximum Gasteiger partial charge on any atom is 0.126 e. The van der Waals surface area contributed by atoms with Crippen LogP contribution in [0.5, 0.6) is 0 Å². The molecule has 0 bridgehead atoms. The second-order valence-corrected chi connectivity index (χ2v) is 5.37. The zero-order valence-corrected chi connectivity index (χ0v) is 12.3. The van der Waals surface area contributed by atoms with E-state index in [2.05, 4.69) is 24.3 Å². The Balaban J connectivity index is 1.83. The molecule has 0 aliphatic carbocycles. The summed E-state index contributed by atoms with van der Waals surface area (Å²) in [5, 5.41) is 7.70. The Morgan fingerprint density at radius 3 is 2.70 bits per heavy atom. The van der Waals surface area contributed by atoms with Crippen LogP contribution in [0, 0.1) is 5.82 Å². The van der Waals surface area contributed by atoms with Crippen LogP contribution >= 0.6 is 0 Å². The number of aromatic nitrogens is 2. The first-order valence-electron chi connectivity index (χ1n) is 7.04. The lowest BCUT2D eigenvalue weighted by Gasteiger charge is -2.19. The molecule has 0 saturated heterocycles. The van der Waals surface area contributed by atoms with E-state index in [4.69, 9.17) is 0 Å². The predicted molar refractivity (Wildman–Crippen MR) is 78.9 cm³/mol. The summed E-state index contributed by atoms with van der Waals surface area (Å²) in [5.41, 5.74) is 1.96. The minimum atomic E-state index is -0.111. The first-order valence-corrected chi connectivity index (χ1v) is 7.04. The van der Waals surface area contributed by atoms with Gasteiger partial charge < -0.3 is 5.32 Å². The lowest BCUT2D eigenvalue weighted by Crippen LogP contribution is -2.29. The van der Waals surface area contributed by atoms with Crippen LogP contribution in [0.1, 0.15) is 37.4 Å². The van der Waals surface area contributed by atoms with Gasteiger partial charge in [-0.3, -0.25) is 4.68 Å².